The molecule has 0 saturated carbocycles. The summed E-state index contributed by atoms with van der Waals surface area (Å²) in [4.78, 5) is 12.3. The van der Waals surface area contributed by atoms with Crippen LogP contribution in [0.5, 0.6) is 0 Å². The molecule has 0 N–H and O–H groups in total. The lowest BCUT2D eigenvalue weighted by Gasteiger charge is -2.28. The van der Waals surface area contributed by atoms with E-state index in [1.165, 1.54) is 4.90 Å². The molecule has 0 aromatic heterocycles. The first-order valence-electron chi connectivity index (χ1n) is 5.30. The first-order valence-corrected chi connectivity index (χ1v) is 6.18. The maximum absolute atomic E-state index is 11.1. The van der Waals surface area contributed by atoms with Crippen molar-refractivity contribution in [1.82, 2.24) is 0 Å². The predicted octanol–water partition coefficient (Wildman–Crippen LogP) is 3.78. The van der Waals surface area contributed by atoms with Crippen LogP contribution in [0.15, 0.2) is 35.2 Å². The Balaban J connectivity index is 2.70. The molecule has 2 atom stereocenters. The average Bonchev–Trinajstić information content (AvgIpc) is 2.29. The van der Waals surface area contributed by atoms with Crippen LogP contribution in [-0.4, -0.2) is 11.5 Å². The molecule has 0 radical (unpaired) electrons. The second-order valence-corrected chi connectivity index (χ2v) is 5.46. The van der Waals surface area contributed by atoms with Gasteiger partial charge in [0.25, 0.3) is 0 Å². The van der Waals surface area contributed by atoms with E-state index in [0.29, 0.717) is 5.25 Å². The van der Waals surface area contributed by atoms with Gasteiger partial charge in [0.1, 0.15) is 6.29 Å². The molecule has 15 heavy (non-hydrogen) atoms. The van der Waals surface area contributed by atoms with E-state index in [1.54, 1.807) is 11.8 Å². The highest BCUT2D eigenvalue weighted by Gasteiger charge is 2.29. The molecule has 0 amide bonds. The molecule has 0 saturated heterocycles. The quantitative estimate of drug-likeness (QED) is 0.557. The molecule has 0 spiro atoms. The summed E-state index contributed by atoms with van der Waals surface area (Å²) in [7, 11) is 0. The van der Waals surface area contributed by atoms with Crippen LogP contribution >= 0.6 is 11.8 Å². The minimum Gasteiger partial charge on any atom is -0.303 e. The van der Waals surface area contributed by atoms with Gasteiger partial charge >= 0.3 is 0 Å². The van der Waals surface area contributed by atoms with E-state index in [-0.39, 0.29) is 5.41 Å². The predicted molar refractivity (Wildman–Crippen MR) is 66.2 cm³/mol. The molecule has 0 unspecified atom stereocenters. The van der Waals surface area contributed by atoms with Gasteiger partial charge in [-0.1, -0.05) is 39.0 Å². The van der Waals surface area contributed by atoms with Gasteiger partial charge in [-0.25, -0.2) is 0 Å². The maximum Gasteiger partial charge on any atom is 0.126 e. The molecule has 0 bridgehead atoms. The third-order valence-electron chi connectivity index (χ3n) is 3.02. The molecule has 82 valence electrons. The van der Waals surface area contributed by atoms with E-state index in [4.69, 9.17) is 0 Å². The summed E-state index contributed by atoms with van der Waals surface area (Å²) < 4.78 is 0. The Kier molecular flexibility index (Phi) is 4.40. The van der Waals surface area contributed by atoms with Crippen molar-refractivity contribution in [2.75, 3.05) is 0 Å². The minimum atomic E-state index is -0.222. The van der Waals surface area contributed by atoms with Crippen molar-refractivity contribution in [3.8, 4) is 0 Å². The van der Waals surface area contributed by atoms with Crippen LogP contribution in [0.2, 0.25) is 0 Å². The molecule has 0 aliphatic rings. The van der Waals surface area contributed by atoms with E-state index in [0.717, 1.165) is 12.7 Å². The molecule has 0 heterocycles. The fourth-order valence-electron chi connectivity index (χ4n) is 1.30. The zero-order chi connectivity index (χ0) is 11.3. The second kappa shape index (κ2) is 5.36. The number of carbonyl (C=O) groups excluding carboxylic acids is 1. The standard InChI is InChI=1S/C13H18OS/c1-4-13(3,10-14)11(2)15-12-8-6-5-7-9-12/h5-11H,4H2,1-3H3/t11-,13-/m0/s1. The van der Waals surface area contributed by atoms with Crippen LogP contribution in [0.4, 0.5) is 0 Å². The number of hydrogen-bond acceptors (Lipinski definition) is 2. The van der Waals surface area contributed by atoms with Gasteiger partial charge in [-0.15, -0.1) is 11.8 Å². The second-order valence-electron chi connectivity index (χ2n) is 4.05. The lowest BCUT2D eigenvalue weighted by atomic mass is 9.86. The number of benzene rings is 1. The molecular formula is C13H18OS. The Morgan fingerprint density at radius 2 is 2.00 bits per heavy atom. The number of rotatable bonds is 5. The normalized spacial score (nSPS) is 16.7. The average molecular weight is 222 g/mol. The summed E-state index contributed by atoms with van der Waals surface area (Å²) >= 11 is 1.77. The smallest absolute Gasteiger partial charge is 0.126 e. The van der Waals surface area contributed by atoms with Gasteiger partial charge in [0.05, 0.1) is 0 Å². The highest BCUT2D eigenvalue weighted by molar-refractivity contribution is 8.00. The van der Waals surface area contributed by atoms with Crippen molar-refractivity contribution >= 4 is 18.0 Å². The van der Waals surface area contributed by atoms with Crippen molar-refractivity contribution in [2.45, 2.75) is 37.3 Å². The Morgan fingerprint density at radius 1 is 1.40 bits per heavy atom. The van der Waals surface area contributed by atoms with E-state index in [2.05, 4.69) is 26.0 Å². The van der Waals surface area contributed by atoms with Gasteiger partial charge in [0, 0.05) is 15.6 Å². The largest absolute Gasteiger partial charge is 0.303 e. The van der Waals surface area contributed by atoms with Crippen LogP contribution in [0, 0.1) is 5.41 Å². The van der Waals surface area contributed by atoms with Gasteiger partial charge in [0.15, 0.2) is 0 Å². The Labute approximate surface area is 96.3 Å². The van der Waals surface area contributed by atoms with E-state index < -0.39 is 0 Å². The first-order chi connectivity index (χ1) is 7.12. The summed E-state index contributed by atoms with van der Waals surface area (Å²) in [6.45, 7) is 6.21. The van der Waals surface area contributed by atoms with Crippen LogP contribution in [0.25, 0.3) is 0 Å². The van der Waals surface area contributed by atoms with Crippen molar-refractivity contribution in [3.63, 3.8) is 0 Å². The summed E-state index contributed by atoms with van der Waals surface area (Å²) in [6.07, 6.45) is 1.98. The van der Waals surface area contributed by atoms with Gasteiger partial charge < -0.3 is 4.79 Å². The molecule has 1 nitrogen and oxygen atoms in total. The molecule has 1 aromatic carbocycles. The zero-order valence-corrected chi connectivity index (χ0v) is 10.4. The third-order valence-corrected chi connectivity index (χ3v) is 4.45. The fourth-order valence-corrected chi connectivity index (χ4v) is 2.52. The highest BCUT2D eigenvalue weighted by Crippen LogP contribution is 2.36. The number of hydrogen-bond donors (Lipinski definition) is 0. The van der Waals surface area contributed by atoms with Crippen molar-refractivity contribution in [3.05, 3.63) is 30.3 Å². The van der Waals surface area contributed by atoms with Gasteiger partial charge in [0.2, 0.25) is 0 Å². The Morgan fingerprint density at radius 3 is 2.47 bits per heavy atom. The first kappa shape index (κ1) is 12.3. The van der Waals surface area contributed by atoms with E-state index in [9.17, 15) is 4.79 Å². The van der Waals surface area contributed by atoms with E-state index in [1.807, 2.05) is 25.1 Å². The van der Waals surface area contributed by atoms with Crippen LogP contribution < -0.4 is 0 Å². The number of aldehydes is 1. The monoisotopic (exact) mass is 222 g/mol. The topological polar surface area (TPSA) is 17.1 Å². The number of carbonyl (C=O) groups is 1. The molecule has 0 aliphatic heterocycles. The van der Waals surface area contributed by atoms with Gasteiger partial charge in [-0.2, -0.15) is 0 Å². The van der Waals surface area contributed by atoms with Crippen LogP contribution in [-0.2, 0) is 4.79 Å². The van der Waals surface area contributed by atoms with Crippen molar-refractivity contribution in [2.24, 2.45) is 5.41 Å². The SMILES string of the molecule is CC[C@@](C)(C=O)[C@H](C)Sc1ccccc1. The Hall–Kier alpha value is -0.760. The molecule has 2 heteroatoms. The summed E-state index contributed by atoms with van der Waals surface area (Å²) in [6, 6.07) is 10.2. The summed E-state index contributed by atoms with van der Waals surface area (Å²) in [5, 5.41) is 0.308. The van der Waals surface area contributed by atoms with E-state index >= 15 is 0 Å². The molecule has 1 aromatic rings. The van der Waals surface area contributed by atoms with Crippen molar-refractivity contribution < 1.29 is 4.79 Å². The van der Waals surface area contributed by atoms with Gasteiger partial charge in [-0.3, -0.25) is 0 Å². The lowest BCUT2D eigenvalue weighted by molar-refractivity contribution is -0.115. The Bertz CT molecular complexity index is 310. The molecule has 1 rings (SSSR count). The number of thioether (sulfide) groups is 1. The van der Waals surface area contributed by atoms with Crippen LogP contribution in [0.1, 0.15) is 27.2 Å². The third kappa shape index (κ3) is 3.10. The maximum atomic E-state index is 11.1. The van der Waals surface area contributed by atoms with Gasteiger partial charge in [-0.05, 0) is 18.6 Å². The minimum absolute atomic E-state index is 0.222. The lowest BCUT2D eigenvalue weighted by Crippen LogP contribution is -2.28. The van der Waals surface area contributed by atoms with Crippen molar-refractivity contribution in [1.29, 1.82) is 0 Å². The summed E-state index contributed by atoms with van der Waals surface area (Å²) in [5.41, 5.74) is -0.222. The van der Waals surface area contributed by atoms with Crippen LogP contribution in [0.3, 0.4) is 0 Å². The fraction of sp³-hybridized carbons (Fsp3) is 0.462. The molecule has 0 fully saturated rings. The summed E-state index contributed by atoms with van der Waals surface area (Å²) in [5.74, 6) is 0. The zero-order valence-electron chi connectivity index (χ0n) is 9.57. The molecule has 0 aliphatic carbocycles. The highest BCUT2D eigenvalue weighted by atomic mass is 32.2. The molecular weight excluding hydrogens is 204 g/mol.